The molecule has 0 atom stereocenters. The van der Waals surface area contributed by atoms with Crippen LogP contribution in [0, 0.1) is 0 Å². The molecule has 3 rings (SSSR count). The summed E-state index contributed by atoms with van der Waals surface area (Å²) in [5, 5.41) is 3.34. The number of amides is 1. The Labute approximate surface area is 184 Å². The lowest BCUT2D eigenvalue weighted by Gasteiger charge is -2.26. The SMILES string of the molecule is CCN(CC)c1cc2c(cc1NC(=O)c1cc(Cl)ccc1OC)n(C)c(=O)c(=O)n2C. The molecule has 0 unspecified atom stereocenters. The van der Waals surface area contributed by atoms with Gasteiger partial charge in [-0.05, 0) is 44.2 Å². The van der Waals surface area contributed by atoms with Gasteiger partial charge in [0, 0.05) is 32.2 Å². The highest BCUT2D eigenvalue weighted by Crippen LogP contribution is 2.32. The third-order valence-electron chi connectivity index (χ3n) is 5.37. The van der Waals surface area contributed by atoms with Gasteiger partial charge in [-0.15, -0.1) is 0 Å². The maximum atomic E-state index is 13.1. The summed E-state index contributed by atoms with van der Waals surface area (Å²) in [4.78, 5) is 39.8. The molecule has 8 nitrogen and oxygen atoms in total. The van der Waals surface area contributed by atoms with E-state index in [-0.39, 0.29) is 5.56 Å². The van der Waals surface area contributed by atoms with Crippen molar-refractivity contribution in [2.75, 3.05) is 30.4 Å². The highest BCUT2D eigenvalue weighted by atomic mass is 35.5. The lowest BCUT2D eigenvalue weighted by atomic mass is 10.1. The zero-order valence-corrected chi connectivity index (χ0v) is 18.9. The second kappa shape index (κ2) is 8.85. The van der Waals surface area contributed by atoms with E-state index in [9.17, 15) is 14.4 Å². The van der Waals surface area contributed by atoms with Gasteiger partial charge in [-0.25, -0.2) is 0 Å². The molecule has 0 spiro atoms. The normalized spacial score (nSPS) is 10.9. The van der Waals surface area contributed by atoms with Crippen LogP contribution >= 0.6 is 11.6 Å². The number of aryl methyl sites for hydroxylation is 2. The molecule has 31 heavy (non-hydrogen) atoms. The lowest BCUT2D eigenvalue weighted by Crippen LogP contribution is -2.39. The number of aromatic nitrogens is 2. The predicted molar refractivity (Wildman–Crippen MR) is 124 cm³/mol. The zero-order chi connectivity index (χ0) is 22.9. The molecule has 2 aromatic carbocycles. The molecule has 1 aromatic heterocycles. The van der Waals surface area contributed by atoms with Crippen molar-refractivity contribution in [2.45, 2.75) is 13.8 Å². The van der Waals surface area contributed by atoms with Crippen molar-refractivity contribution in [3.63, 3.8) is 0 Å². The van der Waals surface area contributed by atoms with E-state index in [1.54, 1.807) is 25.2 Å². The van der Waals surface area contributed by atoms with Crippen LogP contribution in [-0.2, 0) is 14.1 Å². The Morgan fingerprint density at radius 2 is 1.61 bits per heavy atom. The van der Waals surface area contributed by atoms with Gasteiger partial charge < -0.3 is 24.1 Å². The minimum atomic E-state index is -0.639. The van der Waals surface area contributed by atoms with Crippen molar-refractivity contribution in [3.05, 3.63) is 61.6 Å². The Kier molecular flexibility index (Phi) is 6.40. The molecule has 0 radical (unpaired) electrons. The van der Waals surface area contributed by atoms with Crippen LogP contribution in [0.25, 0.3) is 11.0 Å². The number of methoxy groups -OCH3 is 1. The first-order chi connectivity index (χ1) is 14.7. The van der Waals surface area contributed by atoms with Crippen LogP contribution in [0.1, 0.15) is 24.2 Å². The summed E-state index contributed by atoms with van der Waals surface area (Å²) in [7, 11) is 4.58. The van der Waals surface area contributed by atoms with Crippen molar-refractivity contribution in [1.29, 1.82) is 0 Å². The van der Waals surface area contributed by atoms with E-state index in [1.165, 1.54) is 29.4 Å². The number of rotatable bonds is 6. The molecule has 0 aliphatic carbocycles. The van der Waals surface area contributed by atoms with E-state index in [0.717, 1.165) is 5.69 Å². The van der Waals surface area contributed by atoms with Gasteiger partial charge in [0.05, 0.1) is 35.1 Å². The summed E-state index contributed by atoms with van der Waals surface area (Å²) >= 11 is 6.08. The summed E-state index contributed by atoms with van der Waals surface area (Å²) in [5.74, 6) is -0.0104. The number of hydrogen-bond donors (Lipinski definition) is 1. The van der Waals surface area contributed by atoms with Gasteiger partial charge in [0.1, 0.15) is 5.75 Å². The Hall–Kier alpha value is -3.26. The number of anilines is 2. The van der Waals surface area contributed by atoms with Crippen LogP contribution in [0.4, 0.5) is 11.4 Å². The first-order valence-electron chi connectivity index (χ1n) is 9.87. The summed E-state index contributed by atoms with van der Waals surface area (Å²) in [6, 6.07) is 8.33. The molecule has 1 N–H and O–H groups in total. The Morgan fingerprint density at radius 3 is 2.16 bits per heavy atom. The van der Waals surface area contributed by atoms with Crippen molar-refractivity contribution in [1.82, 2.24) is 9.13 Å². The molecule has 0 saturated heterocycles. The van der Waals surface area contributed by atoms with Gasteiger partial charge in [0.15, 0.2) is 0 Å². The van der Waals surface area contributed by atoms with Crippen LogP contribution < -0.4 is 26.1 Å². The number of carbonyl (C=O) groups excluding carboxylic acids is 1. The topological polar surface area (TPSA) is 85.6 Å². The van der Waals surface area contributed by atoms with E-state index in [2.05, 4.69) is 10.2 Å². The second-order valence-corrected chi connectivity index (χ2v) is 7.49. The monoisotopic (exact) mass is 444 g/mol. The second-order valence-electron chi connectivity index (χ2n) is 7.06. The van der Waals surface area contributed by atoms with Gasteiger partial charge >= 0.3 is 11.1 Å². The highest BCUT2D eigenvalue weighted by molar-refractivity contribution is 6.31. The number of carbonyl (C=O) groups is 1. The van der Waals surface area contributed by atoms with E-state index < -0.39 is 17.0 Å². The maximum Gasteiger partial charge on any atom is 0.316 e. The molecule has 0 saturated carbocycles. The molecule has 3 aromatic rings. The molecule has 164 valence electrons. The number of ether oxygens (including phenoxy) is 1. The number of fused-ring (bicyclic) bond motifs is 1. The number of nitrogens with zero attached hydrogens (tertiary/aromatic N) is 3. The zero-order valence-electron chi connectivity index (χ0n) is 18.2. The molecule has 0 aliphatic heterocycles. The van der Waals surface area contributed by atoms with Crippen molar-refractivity contribution < 1.29 is 9.53 Å². The van der Waals surface area contributed by atoms with Gasteiger partial charge in [0.2, 0.25) is 0 Å². The Bertz CT molecular complexity index is 1280. The van der Waals surface area contributed by atoms with E-state index in [4.69, 9.17) is 16.3 Å². The standard InChI is InChI=1S/C22H25ClN4O4/c1-6-27(7-2)16-12-18-17(25(3)21(29)22(30)26(18)4)11-15(16)24-20(28)14-10-13(23)8-9-19(14)31-5/h8-12H,6-7H2,1-5H3,(H,24,28). The number of benzene rings is 2. The van der Waals surface area contributed by atoms with E-state index in [0.29, 0.717) is 40.6 Å². The van der Waals surface area contributed by atoms with Gasteiger partial charge in [0.25, 0.3) is 5.91 Å². The largest absolute Gasteiger partial charge is 0.496 e. The summed E-state index contributed by atoms with van der Waals surface area (Å²) < 4.78 is 7.92. The molecular formula is C22H25ClN4O4. The van der Waals surface area contributed by atoms with Crippen molar-refractivity contribution in [2.24, 2.45) is 14.1 Å². The average molecular weight is 445 g/mol. The fraction of sp³-hybridized carbons (Fsp3) is 0.318. The van der Waals surface area contributed by atoms with E-state index >= 15 is 0 Å². The van der Waals surface area contributed by atoms with Crippen molar-refractivity contribution >= 4 is 39.9 Å². The Morgan fingerprint density at radius 1 is 1.03 bits per heavy atom. The molecule has 1 heterocycles. The number of halogens is 1. The fourth-order valence-corrected chi connectivity index (χ4v) is 3.75. The Balaban J connectivity index is 2.24. The highest BCUT2D eigenvalue weighted by Gasteiger charge is 2.19. The molecule has 0 fully saturated rings. The number of nitrogens with one attached hydrogen (secondary N) is 1. The molecule has 1 amide bonds. The smallest absolute Gasteiger partial charge is 0.316 e. The number of hydrogen-bond acceptors (Lipinski definition) is 5. The molecule has 0 bridgehead atoms. The van der Waals surface area contributed by atoms with Crippen LogP contribution in [-0.4, -0.2) is 35.2 Å². The van der Waals surface area contributed by atoms with Gasteiger partial charge in [-0.3, -0.25) is 14.4 Å². The van der Waals surface area contributed by atoms with E-state index in [1.807, 2.05) is 19.9 Å². The van der Waals surface area contributed by atoms with Gasteiger partial charge in [-0.2, -0.15) is 0 Å². The fourth-order valence-electron chi connectivity index (χ4n) is 3.58. The minimum Gasteiger partial charge on any atom is -0.496 e. The van der Waals surface area contributed by atoms with Crippen LogP contribution in [0.2, 0.25) is 5.02 Å². The maximum absolute atomic E-state index is 13.1. The lowest BCUT2D eigenvalue weighted by molar-refractivity contribution is 0.102. The third kappa shape index (κ3) is 4.03. The molecular weight excluding hydrogens is 420 g/mol. The minimum absolute atomic E-state index is 0.287. The van der Waals surface area contributed by atoms with Crippen LogP contribution in [0.3, 0.4) is 0 Å². The third-order valence-corrected chi connectivity index (χ3v) is 5.60. The summed E-state index contributed by atoms with van der Waals surface area (Å²) in [6.45, 7) is 5.37. The first kappa shape index (κ1) is 22.4. The molecule has 9 heteroatoms. The average Bonchev–Trinajstić information content (AvgIpc) is 2.77. The quantitative estimate of drug-likeness (QED) is 0.591. The molecule has 0 aliphatic rings. The van der Waals surface area contributed by atoms with Crippen LogP contribution in [0.15, 0.2) is 39.9 Å². The summed E-state index contributed by atoms with van der Waals surface area (Å²) in [5.41, 5.74) is 1.40. The van der Waals surface area contributed by atoms with Crippen molar-refractivity contribution in [3.8, 4) is 5.75 Å². The van der Waals surface area contributed by atoms with Gasteiger partial charge in [-0.1, -0.05) is 11.6 Å². The first-order valence-corrected chi connectivity index (χ1v) is 10.2. The predicted octanol–water partition coefficient (Wildman–Crippen LogP) is 3.00. The summed E-state index contributed by atoms with van der Waals surface area (Å²) in [6.07, 6.45) is 0. The van der Waals surface area contributed by atoms with Crippen LogP contribution in [0.5, 0.6) is 5.75 Å².